The molecule has 0 aliphatic carbocycles. The van der Waals surface area contributed by atoms with Crippen LogP contribution in [-0.2, 0) is 0 Å². The van der Waals surface area contributed by atoms with Gasteiger partial charge >= 0.3 is 0 Å². The standard InChI is InChI=1S/C21H18Cl2N2O2/c1-14-8-9-15(2)25(14)24(13-20(26)16-6-4-3-5-7-16)21(27)18-11-10-17(22)12-19(18)23/h3-12H,13H2,1-2H3. The molecule has 0 atom stereocenters. The lowest BCUT2D eigenvalue weighted by Gasteiger charge is -2.27. The molecule has 1 heterocycles. The monoisotopic (exact) mass is 400 g/mol. The molecule has 27 heavy (non-hydrogen) atoms. The Morgan fingerprint density at radius 3 is 2.15 bits per heavy atom. The highest BCUT2D eigenvalue weighted by molar-refractivity contribution is 6.37. The van der Waals surface area contributed by atoms with Crippen LogP contribution in [0.3, 0.4) is 0 Å². The van der Waals surface area contributed by atoms with E-state index < -0.39 is 0 Å². The normalized spacial score (nSPS) is 10.7. The van der Waals surface area contributed by atoms with E-state index in [9.17, 15) is 9.59 Å². The molecule has 0 saturated carbocycles. The summed E-state index contributed by atoms with van der Waals surface area (Å²) < 4.78 is 1.73. The molecule has 0 fully saturated rings. The van der Waals surface area contributed by atoms with Crippen LogP contribution in [0.4, 0.5) is 0 Å². The molecule has 0 aliphatic heterocycles. The Balaban J connectivity index is 2.02. The molecular weight excluding hydrogens is 383 g/mol. The molecule has 4 nitrogen and oxygen atoms in total. The lowest BCUT2D eigenvalue weighted by molar-refractivity contribution is 0.0908. The van der Waals surface area contributed by atoms with E-state index in [1.165, 1.54) is 11.1 Å². The zero-order valence-electron chi connectivity index (χ0n) is 14.9. The SMILES string of the molecule is Cc1ccc(C)n1N(CC(=O)c1ccccc1)C(=O)c1ccc(Cl)cc1Cl. The molecule has 3 rings (SSSR count). The molecule has 6 heteroatoms. The highest BCUT2D eigenvalue weighted by atomic mass is 35.5. The maximum absolute atomic E-state index is 13.3. The quantitative estimate of drug-likeness (QED) is 0.560. The second-order valence-electron chi connectivity index (χ2n) is 6.20. The molecule has 1 aromatic heterocycles. The number of halogens is 2. The van der Waals surface area contributed by atoms with Gasteiger partial charge in [0.1, 0.15) is 6.54 Å². The second kappa shape index (κ2) is 7.99. The topological polar surface area (TPSA) is 42.3 Å². The summed E-state index contributed by atoms with van der Waals surface area (Å²) in [7, 11) is 0. The number of rotatable bonds is 5. The number of amides is 1. The van der Waals surface area contributed by atoms with Crippen molar-refractivity contribution in [3.8, 4) is 0 Å². The summed E-state index contributed by atoms with van der Waals surface area (Å²) in [5.74, 6) is -0.537. The molecule has 0 unspecified atom stereocenters. The fourth-order valence-electron chi connectivity index (χ4n) is 2.93. The summed E-state index contributed by atoms with van der Waals surface area (Å²) >= 11 is 12.2. The summed E-state index contributed by atoms with van der Waals surface area (Å²) in [5, 5.41) is 2.10. The number of hydrogen-bond donors (Lipinski definition) is 0. The molecular formula is C21H18Cl2N2O2. The third-order valence-corrected chi connectivity index (χ3v) is 4.81. The van der Waals surface area contributed by atoms with Gasteiger partial charge in [-0.3, -0.25) is 14.3 Å². The third kappa shape index (κ3) is 4.07. The maximum atomic E-state index is 13.3. The molecule has 3 aromatic rings. The summed E-state index contributed by atoms with van der Waals surface area (Å²) in [4.78, 5) is 26.1. The van der Waals surface area contributed by atoms with Gasteiger partial charge in [0.2, 0.25) is 0 Å². The van der Waals surface area contributed by atoms with Gasteiger partial charge in [0, 0.05) is 22.0 Å². The Kier molecular flexibility index (Phi) is 5.68. The number of hydrogen-bond acceptors (Lipinski definition) is 2. The van der Waals surface area contributed by atoms with Crippen molar-refractivity contribution < 1.29 is 9.59 Å². The average Bonchev–Trinajstić information content (AvgIpc) is 2.98. The Labute approximate surface area is 167 Å². The average molecular weight is 401 g/mol. The van der Waals surface area contributed by atoms with Crippen LogP contribution in [0.1, 0.15) is 32.1 Å². The van der Waals surface area contributed by atoms with Crippen molar-refractivity contribution in [3.63, 3.8) is 0 Å². The van der Waals surface area contributed by atoms with E-state index in [1.54, 1.807) is 41.1 Å². The summed E-state index contributed by atoms with van der Waals surface area (Å²) in [6, 6.07) is 17.4. The largest absolute Gasteiger partial charge is 0.292 e. The maximum Gasteiger partial charge on any atom is 0.274 e. The number of benzene rings is 2. The molecule has 138 valence electrons. The first kappa shape index (κ1) is 19.2. The third-order valence-electron chi connectivity index (χ3n) is 4.26. The number of aryl methyl sites for hydroxylation is 2. The van der Waals surface area contributed by atoms with Crippen LogP contribution in [0, 0.1) is 13.8 Å². The predicted octanol–water partition coefficient (Wildman–Crippen LogP) is 5.07. The van der Waals surface area contributed by atoms with Crippen molar-refractivity contribution in [2.75, 3.05) is 11.6 Å². The molecule has 1 amide bonds. The fraction of sp³-hybridized carbons (Fsp3) is 0.143. The van der Waals surface area contributed by atoms with E-state index in [-0.39, 0.29) is 28.8 Å². The highest BCUT2D eigenvalue weighted by Crippen LogP contribution is 2.23. The first-order valence-corrected chi connectivity index (χ1v) is 9.14. The summed E-state index contributed by atoms with van der Waals surface area (Å²) in [5.41, 5.74) is 2.51. The predicted molar refractivity (Wildman–Crippen MR) is 109 cm³/mol. The Morgan fingerprint density at radius 2 is 1.56 bits per heavy atom. The van der Waals surface area contributed by atoms with Gasteiger partial charge in [0.05, 0.1) is 10.6 Å². The van der Waals surface area contributed by atoms with Gasteiger partial charge in [-0.05, 0) is 44.2 Å². The minimum atomic E-state index is -0.372. The van der Waals surface area contributed by atoms with Crippen LogP contribution >= 0.6 is 23.2 Å². The molecule has 0 saturated heterocycles. The lowest BCUT2D eigenvalue weighted by atomic mass is 10.1. The van der Waals surface area contributed by atoms with Crippen molar-refractivity contribution in [1.29, 1.82) is 0 Å². The van der Waals surface area contributed by atoms with E-state index in [2.05, 4.69) is 0 Å². The van der Waals surface area contributed by atoms with Crippen LogP contribution in [-0.4, -0.2) is 22.9 Å². The molecule has 0 spiro atoms. The van der Waals surface area contributed by atoms with Gasteiger partial charge in [-0.15, -0.1) is 0 Å². The number of Topliss-reactive ketones (excluding diaryl/α,β-unsaturated/α-hetero) is 1. The molecule has 0 radical (unpaired) electrons. The first-order chi connectivity index (χ1) is 12.9. The van der Waals surface area contributed by atoms with Crippen LogP contribution < -0.4 is 5.01 Å². The van der Waals surface area contributed by atoms with Crippen molar-refractivity contribution in [2.45, 2.75) is 13.8 Å². The minimum Gasteiger partial charge on any atom is -0.292 e. The fourth-order valence-corrected chi connectivity index (χ4v) is 3.42. The highest BCUT2D eigenvalue weighted by Gasteiger charge is 2.25. The molecule has 0 N–H and O–H groups in total. The Bertz CT molecular complexity index is 977. The van der Waals surface area contributed by atoms with Crippen molar-refractivity contribution in [2.24, 2.45) is 0 Å². The van der Waals surface area contributed by atoms with Crippen LogP contribution in [0.2, 0.25) is 10.0 Å². The zero-order chi connectivity index (χ0) is 19.6. The number of carbonyl (C=O) groups excluding carboxylic acids is 2. The van der Waals surface area contributed by atoms with Crippen molar-refractivity contribution in [1.82, 2.24) is 4.68 Å². The number of ketones is 1. The van der Waals surface area contributed by atoms with E-state index in [0.29, 0.717) is 10.6 Å². The smallest absolute Gasteiger partial charge is 0.274 e. The summed E-state index contributed by atoms with van der Waals surface area (Å²) in [6.45, 7) is 3.64. The number of carbonyl (C=O) groups is 2. The van der Waals surface area contributed by atoms with Crippen LogP contribution in [0.5, 0.6) is 0 Å². The minimum absolute atomic E-state index is 0.113. The Morgan fingerprint density at radius 1 is 0.926 bits per heavy atom. The van der Waals surface area contributed by atoms with Crippen molar-refractivity contribution >= 4 is 34.9 Å². The number of aromatic nitrogens is 1. The molecule has 0 aliphatic rings. The van der Waals surface area contributed by atoms with E-state index >= 15 is 0 Å². The van der Waals surface area contributed by atoms with E-state index in [1.807, 2.05) is 32.0 Å². The lowest BCUT2D eigenvalue weighted by Crippen LogP contribution is -2.45. The van der Waals surface area contributed by atoms with Crippen molar-refractivity contribution in [3.05, 3.63) is 93.2 Å². The second-order valence-corrected chi connectivity index (χ2v) is 7.05. The molecule has 0 bridgehead atoms. The van der Waals surface area contributed by atoms with Gasteiger partial charge < -0.3 is 0 Å². The summed E-state index contributed by atoms with van der Waals surface area (Å²) in [6.07, 6.45) is 0. The van der Waals surface area contributed by atoms with E-state index in [4.69, 9.17) is 23.2 Å². The van der Waals surface area contributed by atoms with Crippen LogP contribution in [0.15, 0.2) is 60.7 Å². The number of nitrogens with zero attached hydrogens (tertiary/aromatic N) is 2. The van der Waals surface area contributed by atoms with Crippen LogP contribution in [0.25, 0.3) is 0 Å². The van der Waals surface area contributed by atoms with Gasteiger partial charge in [-0.2, -0.15) is 0 Å². The van der Waals surface area contributed by atoms with Gasteiger partial charge in [0.15, 0.2) is 5.78 Å². The first-order valence-electron chi connectivity index (χ1n) is 8.39. The zero-order valence-corrected chi connectivity index (χ0v) is 16.5. The van der Waals surface area contributed by atoms with E-state index in [0.717, 1.165) is 11.4 Å². The van der Waals surface area contributed by atoms with Gasteiger partial charge in [-0.1, -0.05) is 53.5 Å². The van der Waals surface area contributed by atoms with Gasteiger partial charge in [0.25, 0.3) is 5.91 Å². The van der Waals surface area contributed by atoms with Gasteiger partial charge in [-0.25, -0.2) is 5.01 Å². The molecule has 2 aromatic carbocycles. The Hall–Kier alpha value is -2.56.